The van der Waals surface area contributed by atoms with Crippen LogP contribution in [-0.2, 0) is 10.0 Å². The first-order valence-corrected chi connectivity index (χ1v) is 8.13. The lowest BCUT2D eigenvalue weighted by molar-refractivity contribution is 0.408. The first kappa shape index (κ1) is 14.0. The molecule has 0 amide bonds. The van der Waals surface area contributed by atoms with Gasteiger partial charge in [-0.2, -0.15) is 4.31 Å². The molecule has 18 heavy (non-hydrogen) atoms. The molecule has 1 aromatic carbocycles. The van der Waals surface area contributed by atoms with Crippen molar-refractivity contribution in [2.24, 2.45) is 5.92 Å². The van der Waals surface area contributed by atoms with Crippen molar-refractivity contribution >= 4 is 26.0 Å². The standard InChI is InChI=1S/C12H15BrFNO2S/c1-2-15(8-9-3-4-9)18(16,17)12-6-5-10(13)7-11(12)14/h5-7,9H,2-4,8H2,1H3. The molecule has 1 aliphatic rings. The topological polar surface area (TPSA) is 37.4 Å². The molecular weight excluding hydrogens is 321 g/mol. The van der Waals surface area contributed by atoms with Gasteiger partial charge in [-0.1, -0.05) is 22.9 Å². The maximum Gasteiger partial charge on any atom is 0.245 e. The molecule has 0 saturated heterocycles. The molecule has 0 heterocycles. The van der Waals surface area contributed by atoms with Crippen molar-refractivity contribution in [3.8, 4) is 0 Å². The Morgan fingerprint density at radius 1 is 1.44 bits per heavy atom. The smallest absolute Gasteiger partial charge is 0.207 e. The van der Waals surface area contributed by atoms with Crippen LogP contribution in [-0.4, -0.2) is 25.8 Å². The first-order valence-electron chi connectivity index (χ1n) is 5.90. The van der Waals surface area contributed by atoms with Crippen LogP contribution in [0.4, 0.5) is 4.39 Å². The quantitative estimate of drug-likeness (QED) is 0.829. The third kappa shape index (κ3) is 2.92. The van der Waals surface area contributed by atoms with Crippen molar-refractivity contribution in [1.29, 1.82) is 0 Å². The second kappa shape index (κ2) is 5.27. The molecule has 0 radical (unpaired) electrons. The summed E-state index contributed by atoms with van der Waals surface area (Å²) >= 11 is 3.12. The number of rotatable bonds is 5. The van der Waals surface area contributed by atoms with Gasteiger partial charge in [0.15, 0.2) is 0 Å². The van der Waals surface area contributed by atoms with Gasteiger partial charge in [0.25, 0.3) is 0 Å². The molecule has 1 aliphatic carbocycles. The van der Waals surface area contributed by atoms with E-state index in [-0.39, 0.29) is 4.90 Å². The Balaban J connectivity index is 2.32. The lowest BCUT2D eigenvalue weighted by atomic mass is 10.3. The molecule has 0 aliphatic heterocycles. The summed E-state index contributed by atoms with van der Waals surface area (Å²) in [6, 6.07) is 4.03. The Labute approximate surface area is 115 Å². The van der Waals surface area contributed by atoms with Crippen molar-refractivity contribution in [3.63, 3.8) is 0 Å². The lowest BCUT2D eigenvalue weighted by Crippen LogP contribution is -2.33. The second-order valence-electron chi connectivity index (χ2n) is 4.47. The third-order valence-electron chi connectivity index (χ3n) is 3.02. The number of hydrogen-bond donors (Lipinski definition) is 0. The van der Waals surface area contributed by atoms with Crippen LogP contribution >= 0.6 is 15.9 Å². The Kier molecular flexibility index (Phi) is 4.08. The summed E-state index contributed by atoms with van der Waals surface area (Å²) in [6.45, 7) is 2.64. The highest BCUT2D eigenvalue weighted by atomic mass is 79.9. The highest BCUT2D eigenvalue weighted by Gasteiger charge is 2.32. The molecule has 1 aromatic rings. The minimum absolute atomic E-state index is 0.242. The summed E-state index contributed by atoms with van der Waals surface area (Å²) < 4.78 is 40.3. The molecule has 6 heteroatoms. The van der Waals surface area contributed by atoms with E-state index >= 15 is 0 Å². The van der Waals surface area contributed by atoms with E-state index in [1.165, 1.54) is 16.4 Å². The van der Waals surface area contributed by atoms with E-state index in [1.54, 1.807) is 13.0 Å². The summed E-state index contributed by atoms with van der Waals surface area (Å²) in [5.41, 5.74) is 0. The van der Waals surface area contributed by atoms with Gasteiger partial charge in [-0.25, -0.2) is 12.8 Å². The van der Waals surface area contributed by atoms with E-state index < -0.39 is 15.8 Å². The van der Waals surface area contributed by atoms with Gasteiger partial charge in [-0.05, 0) is 37.0 Å². The molecule has 0 N–H and O–H groups in total. The summed E-state index contributed by atoms with van der Waals surface area (Å²) in [6.07, 6.45) is 2.13. The van der Waals surface area contributed by atoms with E-state index in [1.807, 2.05) is 0 Å². The van der Waals surface area contributed by atoms with Crippen molar-refractivity contribution in [2.45, 2.75) is 24.7 Å². The fourth-order valence-electron chi connectivity index (χ4n) is 1.81. The zero-order valence-electron chi connectivity index (χ0n) is 10.1. The monoisotopic (exact) mass is 335 g/mol. The van der Waals surface area contributed by atoms with E-state index in [4.69, 9.17) is 0 Å². The highest BCUT2D eigenvalue weighted by molar-refractivity contribution is 9.10. The maximum atomic E-state index is 13.8. The van der Waals surface area contributed by atoms with Crippen LogP contribution in [0.25, 0.3) is 0 Å². The first-order chi connectivity index (χ1) is 8.45. The number of hydrogen-bond acceptors (Lipinski definition) is 2. The van der Waals surface area contributed by atoms with Gasteiger partial charge in [-0.15, -0.1) is 0 Å². The van der Waals surface area contributed by atoms with Crippen LogP contribution < -0.4 is 0 Å². The number of benzene rings is 1. The summed E-state index contributed by atoms with van der Waals surface area (Å²) in [7, 11) is -3.72. The number of halogens is 2. The minimum Gasteiger partial charge on any atom is -0.207 e. The fourth-order valence-corrected chi connectivity index (χ4v) is 3.71. The van der Waals surface area contributed by atoms with Crippen LogP contribution in [0.3, 0.4) is 0 Å². The predicted octanol–water partition coefficient (Wildman–Crippen LogP) is 3.01. The summed E-state index contributed by atoms with van der Waals surface area (Å²) in [5, 5.41) is 0. The van der Waals surface area contributed by atoms with Crippen molar-refractivity contribution in [1.82, 2.24) is 4.31 Å². The van der Waals surface area contributed by atoms with Gasteiger partial charge in [0.1, 0.15) is 10.7 Å². The molecule has 2 rings (SSSR count). The third-order valence-corrected chi connectivity index (χ3v) is 5.49. The van der Waals surface area contributed by atoms with Crippen LogP contribution in [0.5, 0.6) is 0 Å². The van der Waals surface area contributed by atoms with Crippen molar-refractivity contribution < 1.29 is 12.8 Å². The molecule has 0 spiro atoms. The van der Waals surface area contributed by atoms with Crippen LogP contribution in [0.15, 0.2) is 27.6 Å². The van der Waals surface area contributed by atoms with E-state index in [0.717, 1.165) is 12.8 Å². The predicted molar refractivity (Wildman–Crippen MR) is 71.3 cm³/mol. The lowest BCUT2D eigenvalue weighted by Gasteiger charge is -2.20. The zero-order valence-corrected chi connectivity index (χ0v) is 12.5. The highest BCUT2D eigenvalue weighted by Crippen LogP contribution is 2.32. The summed E-state index contributed by atoms with van der Waals surface area (Å²) in [5.74, 6) is -0.267. The normalized spacial score (nSPS) is 16.2. The largest absolute Gasteiger partial charge is 0.245 e. The maximum absolute atomic E-state index is 13.8. The molecule has 0 aromatic heterocycles. The second-order valence-corrected chi connectivity index (χ2v) is 7.30. The van der Waals surface area contributed by atoms with E-state index in [9.17, 15) is 12.8 Å². The average Bonchev–Trinajstić information content (AvgIpc) is 3.08. The van der Waals surface area contributed by atoms with Gasteiger partial charge in [0.2, 0.25) is 10.0 Å². The van der Waals surface area contributed by atoms with E-state index in [2.05, 4.69) is 15.9 Å². The van der Waals surface area contributed by atoms with Crippen LogP contribution in [0.1, 0.15) is 19.8 Å². The number of sulfonamides is 1. The molecule has 0 unspecified atom stereocenters. The molecule has 3 nitrogen and oxygen atoms in total. The molecule has 1 saturated carbocycles. The SMILES string of the molecule is CCN(CC1CC1)S(=O)(=O)c1ccc(Br)cc1F. The molecule has 1 fully saturated rings. The van der Waals surface area contributed by atoms with Gasteiger partial charge in [0.05, 0.1) is 0 Å². The van der Waals surface area contributed by atoms with E-state index in [0.29, 0.717) is 23.5 Å². The van der Waals surface area contributed by atoms with Gasteiger partial charge < -0.3 is 0 Å². The van der Waals surface area contributed by atoms with Gasteiger partial charge >= 0.3 is 0 Å². The molecule has 100 valence electrons. The summed E-state index contributed by atoms with van der Waals surface area (Å²) in [4.78, 5) is -0.242. The minimum atomic E-state index is -3.72. The Hall–Kier alpha value is -0.460. The zero-order chi connectivity index (χ0) is 13.3. The van der Waals surface area contributed by atoms with Crippen molar-refractivity contribution in [3.05, 3.63) is 28.5 Å². The van der Waals surface area contributed by atoms with Crippen LogP contribution in [0.2, 0.25) is 0 Å². The number of nitrogens with zero attached hydrogens (tertiary/aromatic N) is 1. The van der Waals surface area contributed by atoms with Gasteiger partial charge in [0, 0.05) is 17.6 Å². The Morgan fingerprint density at radius 3 is 2.61 bits per heavy atom. The van der Waals surface area contributed by atoms with Crippen molar-refractivity contribution in [2.75, 3.05) is 13.1 Å². The van der Waals surface area contributed by atoms with Crippen LogP contribution in [0, 0.1) is 11.7 Å². The average molecular weight is 336 g/mol. The Morgan fingerprint density at radius 2 is 2.11 bits per heavy atom. The molecular formula is C12H15BrFNO2S. The molecule has 0 bridgehead atoms. The van der Waals surface area contributed by atoms with Gasteiger partial charge in [-0.3, -0.25) is 0 Å². The molecule has 0 atom stereocenters. The fraction of sp³-hybridized carbons (Fsp3) is 0.500. The Bertz CT molecular complexity index is 543.